The van der Waals surface area contributed by atoms with Gasteiger partial charge in [-0.15, -0.1) is 0 Å². The van der Waals surface area contributed by atoms with Crippen LogP contribution >= 0.6 is 0 Å². The maximum atomic E-state index is 12.5. The van der Waals surface area contributed by atoms with Crippen LogP contribution in [-0.2, 0) is 14.3 Å². The molecule has 3 heteroatoms. The van der Waals surface area contributed by atoms with Gasteiger partial charge in [-0.05, 0) is 87.0 Å². The van der Waals surface area contributed by atoms with Gasteiger partial charge < -0.3 is 4.74 Å². The summed E-state index contributed by atoms with van der Waals surface area (Å²) in [6.45, 7) is 9.28. The second-order valence-electron chi connectivity index (χ2n) is 11.3. The lowest BCUT2D eigenvalue weighted by Crippen LogP contribution is -2.54. The molecular weight excluding hydrogens is 372 g/mol. The van der Waals surface area contributed by atoms with Crippen LogP contribution in [0.4, 0.5) is 0 Å². The van der Waals surface area contributed by atoms with Crippen molar-refractivity contribution in [3.63, 3.8) is 0 Å². The lowest BCUT2D eigenvalue weighted by Gasteiger charge is -2.60. The third-order valence-corrected chi connectivity index (χ3v) is 10.00. The van der Waals surface area contributed by atoms with E-state index in [2.05, 4.69) is 27.7 Å². The number of allylic oxidation sites excluding steroid dienone is 2. The molecule has 0 radical (unpaired) electrons. The van der Waals surface area contributed by atoms with E-state index in [1.54, 1.807) is 0 Å². The standard InChI is InChI=1S/C27H42O3/c1-5-6-7-8-9-25(29)30-24-13-12-22-21-11-10-19-17-20(28)16-18(2)27(19,4)23(21)14-15-26(22,24)3/h16,19,21-24H,5-15,17H2,1-4H3/t19-,21+,22+,23+,24-,26+,27-/m0/s1. The molecular formula is C27H42O3. The molecule has 30 heavy (non-hydrogen) atoms. The molecule has 3 fully saturated rings. The van der Waals surface area contributed by atoms with Crippen LogP contribution in [-0.4, -0.2) is 17.9 Å². The molecule has 4 aliphatic rings. The molecule has 0 aromatic carbocycles. The van der Waals surface area contributed by atoms with Gasteiger partial charge in [0, 0.05) is 18.3 Å². The van der Waals surface area contributed by atoms with E-state index in [4.69, 9.17) is 4.74 Å². The largest absolute Gasteiger partial charge is 0.462 e. The molecule has 0 heterocycles. The summed E-state index contributed by atoms with van der Waals surface area (Å²) in [5.41, 5.74) is 1.66. The SMILES string of the molecule is CCCCCCC(=O)O[C@H]1CC[C@@H]2[C@H]3CC[C@H]4CC(=O)C=C(C)[C@]4(C)[C@@H]3CC[C@@]12C. The van der Waals surface area contributed by atoms with E-state index in [0.29, 0.717) is 30.0 Å². The number of ether oxygens (including phenoxy) is 1. The number of hydrogen-bond acceptors (Lipinski definition) is 3. The second kappa shape index (κ2) is 8.43. The van der Waals surface area contributed by atoms with Gasteiger partial charge >= 0.3 is 5.97 Å². The number of hydrogen-bond donors (Lipinski definition) is 0. The van der Waals surface area contributed by atoms with Crippen LogP contribution in [0.3, 0.4) is 0 Å². The fourth-order valence-corrected chi connectivity index (χ4v) is 8.12. The van der Waals surface area contributed by atoms with Crippen LogP contribution in [0.15, 0.2) is 11.6 Å². The number of fused-ring (bicyclic) bond motifs is 5. The molecule has 3 nitrogen and oxygen atoms in total. The average molecular weight is 415 g/mol. The second-order valence-corrected chi connectivity index (χ2v) is 11.3. The maximum Gasteiger partial charge on any atom is 0.306 e. The fourth-order valence-electron chi connectivity index (χ4n) is 8.12. The smallest absolute Gasteiger partial charge is 0.306 e. The van der Waals surface area contributed by atoms with E-state index in [1.165, 1.54) is 44.1 Å². The summed E-state index contributed by atoms with van der Waals surface area (Å²) < 4.78 is 6.12. The summed E-state index contributed by atoms with van der Waals surface area (Å²) in [5, 5.41) is 0. The zero-order valence-corrected chi connectivity index (χ0v) is 19.7. The van der Waals surface area contributed by atoms with Gasteiger partial charge in [-0.3, -0.25) is 9.59 Å². The van der Waals surface area contributed by atoms with Crippen LogP contribution in [0.2, 0.25) is 0 Å². The van der Waals surface area contributed by atoms with Crippen molar-refractivity contribution >= 4 is 11.8 Å². The summed E-state index contributed by atoms with van der Waals surface area (Å²) in [6, 6.07) is 0. The van der Waals surface area contributed by atoms with E-state index >= 15 is 0 Å². The Morgan fingerprint density at radius 3 is 2.63 bits per heavy atom. The molecule has 0 amide bonds. The zero-order chi connectivity index (χ0) is 21.5. The Balaban J connectivity index is 1.46. The summed E-state index contributed by atoms with van der Waals surface area (Å²) >= 11 is 0. The lowest BCUT2D eigenvalue weighted by atomic mass is 9.45. The quantitative estimate of drug-likeness (QED) is 0.361. The summed E-state index contributed by atoms with van der Waals surface area (Å²) in [6.07, 6.45) is 15.0. The van der Waals surface area contributed by atoms with E-state index in [0.717, 1.165) is 38.0 Å². The topological polar surface area (TPSA) is 43.4 Å². The summed E-state index contributed by atoms with van der Waals surface area (Å²) in [5.74, 6) is 2.95. The van der Waals surface area contributed by atoms with Gasteiger partial charge in [0.25, 0.3) is 0 Å². The van der Waals surface area contributed by atoms with E-state index < -0.39 is 0 Å². The molecule has 0 aromatic rings. The molecule has 0 spiro atoms. The van der Waals surface area contributed by atoms with Gasteiger partial charge in [-0.2, -0.15) is 0 Å². The first-order valence-electron chi connectivity index (χ1n) is 12.7. The van der Waals surface area contributed by atoms with Crippen LogP contribution in [0.1, 0.15) is 105 Å². The lowest BCUT2D eigenvalue weighted by molar-refractivity contribution is -0.161. The normalized spacial score (nSPS) is 42.7. The monoisotopic (exact) mass is 414 g/mol. The van der Waals surface area contributed by atoms with E-state index in [9.17, 15) is 9.59 Å². The summed E-state index contributed by atoms with van der Waals surface area (Å²) in [4.78, 5) is 24.7. The number of unbranched alkanes of at least 4 members (excludes halogenated alkanes) is 3. The van der Waals surface area contributed by atoms with E-state index in [1.807, 2.05) is 6.08 Å². The zero-order valence-electron chi connectivity index (χ0n) is 19.7. The number of carbonyl (C=O) groups is 2. The Hall–Kier alpha value is -1.12. The van der Waals surface area contributed by atoms with Crippen molar-refractivity contribution in [1.82, 2.24) is 0 Å². The Morgan fingerprint density at radius 2 is 1.87 bits per heavy atom. The van der Waals surface area contributed by atoms with Crippen LogP contribution in [0, 0.1) is 34.5 Å². The third kappa shape index (κ3) is 3.58. The van der Waals surface area contributed by atoms with Gasteiger partial charge in [-0.25, -0.2) is 0 Å². The Bertz CT molecular complexity index is 709. The van der Waals surface area contributed by atoms with Gasteiger partial charge in [0.05, 0.1) is 0 Å². The van der Waals surface area contributed by atoms with E-state index in [-0.39, 0.29) is 22.9 Å². The molecule has 4 aliphatic carbocycles. The van der Waals surface area contributed by atoms with Gasteiger partial charge in [-0.1, -0.05) is 45.6 Å². The number of rotatable bonds is 6. The highest BCUT2D eigenvalue weighted by Gasteiger charge is 2.61. The highest BCUT2D eigenvalue weighted by Crippen LogP contribution is 2.66. The number of ketones is 1. The van der Waals surface area contributed by atoms with Gasteiger partial charge in [0.1, 0.15) is 6.10 Å². The van der Waals surface area contributed by atoms with Gasteiger partial charge in [0.2, 0.25) is 0 Å². The first-order chi connectivity index (χ1) is 14.3. The van der Waals surface area contributed by atoms with Crippen LogP contribution in [0.25, 0.3) is 0 Å². The molecule has 0 aromatic heterocycles. The van der Waals surface area contributed by atoms with Crippen molar-refractivity contribution in [3.05, 3.63) is 11.6 Å². The minimum atomic E-state index is 0.0281. The van der Waals surface area contributed by atoms with Crippen molar-refractivity contribution < 1.29 is 14.3 Å². The van der Waals surface area contributed by atoms with Crippen molar-refractivity contribution in [3.8, 4) is 0 Å². The van der Waals surface area contributed by atoms with Crippen LogP contribution in [0.5, 0.6) is 0 Å². The number of carbonyl (C=O) groups excluding carboxylic acids is 2. The van der Waals surface area contributed by atoms with Crippen LogP contribution < -0.4 is 0 Å². The van der Waals surface area contributed by atoms with Crippen molar-refractivity contribution in [2.24, 2.45) is 34.5 Å². The molecule has 7 atom stereocenters. The Labute approximate surface area is 183 Å². The number of esters is 1. The predicted octanol–water partition coefficient (Wildman–Crippen LogP) is 6.65. The average Bonchev–Trinajstić information content (AvgIpc) is 3.03. The van der Waals surface area contributed by atoms with Crippen molar-refractivity contribution in [1.29, 1.82) is 0 Å². The molecule has 0 aliphatic heterocycles. The Kier molecular flexibility index (Phi) is 6.21. The molecule has 168 valence electrons. The minimum Gasteiger partial charge on any atom is -0.462 e. The molecule has 0 bridgehead atoms. The fraction of sp³-hybridized carbons (Fsp3) is 0.852. The molecule has 3 saturated carbocycles. The maximum absolute atomic E-state index is 12.5. The third-order valence-electron chi connectivity index (χ3n) is 10.00. The molecule has 0 N–H and O–H groups in total. The first kappa shape index (κ1) is 22.1. The first-order valence-corrected chi connectivity index (χ1v) is 12.7. The molecule has 4 rings (SSSR count). The van der Waals surface area contributed by atoms with Gasteiger partial charge in [0.15, 0.2) is 5.78 Å². The van der Waals surface area contributed by atoms with Crippen molar-refractivity contribution in [2.45, 2.75) is 111 Å². The summed E-state index contributed by atoms with van der Waals surface area (Å²) in [7, 11) is 0. The molecule has 0 saturated heterocycles. The highest BCUT2D eigenvalue weighted by molar-refractivity contribution is 5.91. The molecule has 0 unspecified atom stereocenters. The highest BCUT2D eigenvalue weighted by atomic mass is 16.5. The van der Waals surface area contributed by atoms with Crippen molar-refractivity contribution in [2.75, 3.05) is 0 Å². The minimum absolute atomic E-state index is 0.0281. The Morgan fingerprint density at radius 1 is 1.07 bits per heavy atom. The predicted molar refractivity (Wildman–Crippen MR) is 120 cm³/mol.